The summed E-state index contributed by atoms with van der Waals surface area (Å²) in [6.45, 7) is 0.398. The highest BCUT2D eigenvalue weighted by Crippen LogP contribution is 2.29. The summed E-state index contributed by atoms with van der Waals surface area (Å²) >= 11 is 12.2. The van der Waals surface area contributed by atoms with Crippen LogP contribution in [0.1, 0.15) is 48.2 Å². The molecule has 5 rings (SSSR count). The van der Waals surface area contributed by atoms with Crippen molar-refractivity contribution in [3.05, 3.63) is 86.5 Å². The summed E-state index contributed by atoms with van der Waals surface area (Å²) < 4.78 is 43.6. The number of nitrogens with one attached hydrogen (secondary N) is 1. The molecule has 12 heteroatoms. The van der Waals surface area contributed by atoms with Crippen LogP contribution < -0.4 is 11.0 Å². The van der Waals surface area contributed by atoms with Crippen molar-refractivity contribution < 1.29 is 18.0 Å². The molecule has 7 nitrogen and oxygen atoms in total. The number of aromatic nitrogens is 4. The second kappa shape index (κ2) is 10.8. The number of pyridine rings is 2. The van der Waals surface area contributed by atoms with E-state index in [0.717, 1.165) is 6.20 Å². The summed E-state index contributed by atoms with van der Waals surface area (Å²) in [5.41, 5.74) is 0.200. The van der Waals surface area contributed by atoms with Gasteiger partial charge in [-0.3, -0.25) is 23.9 Å². The zero-order valence-electron chi connectivity index (χ0n) is 19.9. The van der Waals surface area contributed by atoms with Crippen LogP contribution in [0.4, 0.5) is 13.2 Å². The van der Waals surface area contributed by atoms with Crippen molar-refractivity contribution in [1.82, 2.24) is 24.4 Å². The smallest absolute Gasteiger partial charge is 0.333 e. The summed E-state index contributed by atoms with van der Waals surface area (Å²) in [5, 5.41) is 3.16. The molecule has 1 aromatic carbocycles. The van der Waals surface area contributed by atoms with Crippen molar-refractivity contribution in [3.63, 3.8) is 0 Å². The number of amides is 1. The van der Waals surface area contributed by atoms with Crippen molar-refractivity contribution in [3.8, 4) is 5.69 Å². The molecule has 1 saturated carbocycles. The van der Waals surface area contributed by atoms with Crippen molar-refractivity contribution in [2.45, 2.75) is 44.7 Å². The fraction of sp³-hybridized carbons (Fsp3) is 0.308. The summed E-state index contributed by atoms with van der Waals surface area (Å²) in [4.78, 5) is 34.0. The Hall–Kier alpha value is -3.37. The minimum atomic E-state index is -2.90. The van der Waals surface area contributed by atoms with Crippen LogP contribution in [0.3, 0.4) is 0 Å². The molecular weight excluding hydrogens is 542 g/mol. The van der Waals surface area contributed by atoms with Gasteiger partial charge in [0.05, 0.1) is 38.5 Å². The Kier molecular flexibility index (Phi) is 7.45. The van der Waals surface area contributed by atoms with Crippen LogP contribution in [0.5, 0.6) is 0 Å². The average Bonchev–Trinajstić information content (AvgIpc) is 3.17. The van der Waals surface area contributed by atoms with Gasteiger partial charge < -0.3 is 5.32 Å². The predicted molar refractivity (Wildman–Crippen MR) is 138 cm³/mol. The fourth-order valence-corrected chi connectivity index (χ4v) is 5.35. The first kappa shape index (κ1) is 26.2. The van der Waals surface area contributed by atoms with E-state index in [-0.39, 0.29) is 38.9 Å². The minimum Gasteiger partial charge on any atom is -0.349 e. The Morgan fingerprint density at radius 2 is 1.84 bits per heavy atom. The monoisotopic (exact) mass is 563 g/mol. The van der Waals surface area contributed by atoms with Gasteiger partial charge in [0.15, 0.2) is 0 Å². The molecule has 0 saturated heterocycles. The maximum absolute atomic E-state index is 14.0. The van der Waals surface area contributed by atoms with Gasteiger partial charge in [-0.25, -0.2) is 18.0 Å². The molecule has 38 heavy (non-hydrogen) atoms. The lowest BCUT2D eigenvalue weighted by atomic mass is 9.85. The maximum Gasteiger partial charge on any atom is 0.333 e. The molecule has 0 aliphatic heterocycles. The van der Waals surface area contributed by atoms with Gasteiger partial charge in [0.1, 0.15) is 11.5 Å². The third-order valence-corrected chi connectivity index (χ3v) is 7.37. The highest BCUT2D eigenvalue weighted by atomic mass is 35.5. The van der Waals surface area contributed by atoms with Crippen molar-refractivity contribution in [2.24, 2.45) is 5.92 Å². The number of benzene rings is 1. The number of nitrogens with zero attached hydrogens (tertiary/aromatic N) is 4. The molecule has 0 spiro atoms. The SMILES string of the molecule is O=C(N[C@H]1CC[C@H](Cn2c(=O)n(-c3cc(F)ccc3Cl)c3ccncc32)CC1)c1cc(Cl)cnc1C(F)F. The normalized spacial score (nSPS) is 17.7. The first-order valence-electron chi connectivity index (χ1n) is 12.0. The number of alkyl halides is 2. The number of carbonyl (C=O) groups excluding carboxylic acids is 1. The maximum atomic E-state index is 14.0. The molecule has 1 N–H and O–H groups in total. The zero-order chi connectivity index (χ0) is 27.0. The van der Waals surface area contributed by atoms with E-state index >= 15 is 0 Å². The molecule has 0 radical (unpaired) electrons. The highest BCUT2D eigenvalue weighted by Gasteiger charge is 2.27. The van der Waals surface area contributed by atoms with Crippen molar-refractivity contribution in [2.75, 3.05) is 0 Å². The van der Waals surface area contributed by atoms with Gasteiger partial charge in [0.2, 0.25) is 0 Å². The van der Waals surface area contributed by atoms with Crippen LogP contribution in [0.25, 0.3) is 16.7 Å². The van der Waals surface area contributed by atoms with Gasteiger partial charge in [0.25, 0.3) is 12.3 Å². The Balaban J connectivity index is 1.32. The van der Waals surface area contributed by atoms with Gasteiger partial charge >= 0.3 is 5.69 Å². The Bertz CT molecular complexity index is 1560. The number of hydrogen-bond acceptors (Lipinski definition) is 4. The average molecular weight is 564 g/mol. The standard InChI is InChI=1S/C26H22Cl2F3N5O2/c27-15-9-18(23(24(30)31)33-11-15)25(37)34-17-4-1-14(2-5-17)13-35-22-12-32-8-7-20(22)36(26(35)38)21-10-16(29)3-6-19(21)28/h3,6-12,14,17,24H,1-2,4-5,13H2,(H,34,37)/t14-,17-. The third kappa shape index (κ3) is 5.15. The number of hydrogen-bond donors (Lipinski definition) is 1. The Labute approximate surface area is 225 Å². The minimum absolute atomic E-state index is 0.0990. The summed E-state index contributed by atoms with van der Waals surface area (Å²) in [6.07, 6.45) is 3.93. The lowest BCUT2D eigenvalue weighted by Gasteiger charge is -2.29. The van der Waals surface area contributed by atoms with E-state index in [4.69, 9.17) is 23.2 Å². The van der Waals surface area contributed by atoms with Crippen molar-refractivity contribution in [1.29, 1.82) is 0 Å². The van der Waals surface area contributed by atoms with Crippen LogP contribution >= 0.6 is 23.2 Å². The van der Waals surface area contributed by atoms with Crippen LogP contribution in [-0.4, -0.2) is 31.1 Å². The molecular formula is C26H22Cl2F3N5O2. The number of rotatable bonds is 6. The second-order valence-electron chi connectivity index (χ2n) is 9.27. The fourth-order valence-electron chi connectivity index (χ4n) is 4.99. The molecule has 0 bridgehead atoms. The second-order valence-corrected chi connectivity index (χ2v) is 10.1. The van der Waals surface area contributed by atoms with Gasteiger partial charge in [0, 0.05) is 25.0 Å². The largest absolute Gasteiger partial charge is 0.349 e. The summed E-state index contributed by atoms with van der Waals surface area (Å²) in [5.74, 6) is -1.04. The van der Waals surface area contributed by atoms with E-state index in [1.807, 2.05) is 0 Å². The van der Waals surface area contributed by atoms with E-state index in [0.29, 0.717) is 43.3 Å². The summed E-state index contributed by atoms with van der Waals surface area (Å²) in [7, 11) is 0. The van der Waals surface area contributed by atoms with Crippen LogP contribution in [0.15, 0.2) is 53.7 Å². The number of halogens is 5. The first-order valence-corrected chi connectivity index (χ1v) is 12.7. The topological polar surface area (TPSA) is 81.8 Å². The molecule has 1 fully saturated rings. The van der Waals surface area contributed by atoms with Gasteiger partial charge in [-0.15, -0.1) is 0 Å². The van der Waals surface area contributed by atoms with Gasteiger partial charge in [-0.05, 0) is 61.9 Å². The van der Waals surface area contributed by atoms with E-state index in [2.05, 4.69) is 15.3 Å². The lowest BCUT2D eigenvalue weighted by Crippen LogP contribution is -2.39. The van der Waals surface area contributed by atoms with E-state index < -0.39 is 23.8 Å². The molecule has 3 aromatic heterocycles. The van der Waals surface area contributed by atoms with E-state index in [9.17, 15) is 22.8 Å². The molecule has 3 heterocycles. The molecule has 4 aromatic rings. The Morgan fingerprint density at radius 1 is 1.08 bits per heavy atom. The lowest BCUT2D eigenvalue weighted by molar-refractivity contribution is 0.0904. The first-order chi connectivity index (χ1) is 18.2. The third-order valence-electron chi connectivity index (χ3n) is 6.84. The van der Waals surface area contributed by atoms with Crippen LogP contribution in [0.2, 0.25) is 10.0 Å². The predicted octanol–water partition coefficient (Wildman–Crippen LogP) is 5.95. The van der Waals surface area contributed by atoms with Gasteiger partial charge in [-0.1, -0.05) is 23.2 Å². The van der Waals surface area contributed by atoms with Crippen LogP contribution in [0, 0.1) is 11.7 Å². The molecule has 198 valence electrons. The van der Waals surface area contributed by atoms with Crippen molar-refractivity contribution >= 4 is 40.1 Å². The highest BCUT2D eigenvalue weighted by molar-refractivity contribution is 6.32. The van der Waals surface area contributed by atoms with Gasteiger partial charge in [-0.2, -0.15) is 0 Å². The summed E-state index contributed by atoms with van der Waals surface area (Å²) in [6, 6.07) is 6.51. The molecule has 0 unspecified atom stereocenters. The quantitative estimate of drug-likeness (QED) is 0.314. The van der Waals surface area contributed by atoms with Crippen LogP contribution in [-0.2, 0) is 6.54 Å². The van der Waals surface area contributed by atoms with E-state index in [1.54, 1.807) is 23.0 Å². The molecule has 1 aliphatic carbocycles. The molecule has 1 aliphatic rings. The zero-order valence-corrected chi connectivity index (χ0v) is 21.4. The number of imidazole rings is 1. The van der Waals surface area contributed by atoms with E-state index in [1.165, 1.54) is 28.8 Å². The number of carbonyl (C=O) groups is 1. The molecule has 0 atom stereocenters. The number of fused-ring (bicyclic) bond motifs is 1. The Morgan fingerprint density at radius 3 is 2.58 bits per heavy atom. The molecule has 1 amide bonds.